The first-order chi connectivity index (χ1) is 15.9. The summed E-state index contributed by atoms with van der Waals surface area (Å²) in [5.41, 5.74) is 3.72. The van der Waals surface area contributed by atoms with Crippen LogP contribution in [0.4, 0.5) is 0 Å². The molecule has 1 aliphatic carbocycles. The average molecular weight is 534 g/mol. The Morgan fingerprint density at radius 3 is 2.64 bits per heavy atom. The number of thioether (sulfide) groups is 1. The molecule has 5 rings (SSSR count). The molecule has 0 amide bonds. The second-order valence-corrected chi connectivity index (χ2v) is 10.6. The maximum atomic E-state index is 8.36. The van der Waals surface area contributed by atoms with Crippen LogP contribution in [0.2, 0.25) is 0 Å². The van der Waals surface area contributed by atoms with Crippen LogP contribution in [-0.2, 0) is 24.3 Å². The highest BCUT2D eigenvalue weighted by Gasteiger charge is 2.60. The topological polar surface area (TPSA) is 102 Å². The lowest BCUT2D eigenvalue weighted by Crippen LogP contribution is -2.27. The van der Waals surface area contributed by atoms with Crippen molar-refractivity contribution >= 4 is 34.2 Å². The molecule has 2 atom stereocenters. The molecule has 9 nitrogen and oxygen atoms in total. The van der Waals surface area contributed by atoms with Crippen molar-refractivity contribution in [1.82, 2.24) is 34.7 Å². The normalized spacial score (nSPS) is 21.4. The van der Waals surface area contributed by atoms with Crippen LogP contribution in [0, 0.1) is 12.8 Å². The second kappa shape index (κ2) is 9.94. The highest BCUT2D eigenvalue weighted by Crippen LogP contribution is 2.59. The van der Waals surface area contributed by atoms with Crippen LogP contribution < -0.4 is 0 Å². The number of benzene rings is 1. The quantitative estimate of drug-likeness (QED) is 0.280. The van der Waals surface area contributed by atoms with Gasteiger partial charge in [-0.1, -0.05) is 45.0 Å². The van der Waals surface area contributed by atoms with Crippen LogP contribution in [0.3, 0.4) is 0 Å². The summed E-state index contributed by atoms with van der Waals surface area (Å²) >= 11 is 5.32. The number of halogens is 1. The largest absolute Gasteiger partial charge is 0.483 e. The molecular formula is C22H28BrN7O2S. The van der Waals surface area contributed by atoms with Gasteiger partial charge in [-0.25, -0.2) is 0 Å². The molecule has 1 aromatic carbocycles. The van der Waals surface area contributed by atoms with Gasteiger partial charge in [0.1, 0.15) is 0 Å². The Morgan fingerprint density at radius 2 is 1.97 bits per heavy atom. The van der Waals surface area contributed by atoms with Crippen LogP contribution >= 0.6 is 27.7 Å². The number of likely N-dealkylation sites (tertiary alicyclic amines) is 1. The highest BCUT2D eigenvalue weighted by atomic mass is 79.9. The number of aromatic nitrogens is 6. The Morgan fingerprint density at radius 1 is 1.24 bits per heavy atom. The van der Waals surface area contributed by atoms with Crippen LogP contribution in [0.1, 0.15) is 24.1 Å². The number of fused-ring (bicyclic) bond motifs is 1. The predicted octanol–water partition coefficient (Wildman–Crippen LogP) is 3.14. The fourth-order valence-corrected chi connectivity index (χ4v) is 5.79. The first-order valence-electron chi connectivity index (χ1n) is 10.8. The smallest absolute Gasteiger partial charge is 0.290 e. The van der Waals surface area contributed by atoms with E-state index < -0.39 is 0 Å². The molecule has 2 aliphatic rings. The first kappa shape index (κ1) is 23.9. The van der Waals surface area contributed by atoms with Gasteiger partial charge < -0.3 is 14.6 Å². The summed E-state index contributed by atoms with van der Waals surface area (Å²) in [6.07, 6.45) is 2.50. The minimum atomic E-state index is -0.250. The molecule has 0 radical (unpaired) electrons. The first-order valence-corrected chi connectivity index (χ1v) is 12.6. The molecule has 0 bridgehead atoms. The molecule has 0 spiro atoms. The molecule has 11 heteroatoms. The van der Waals surface area contributed by atoms with Gasteiger partial charge in [-0.05, 0) is 49.9 Å². The van der Waals surface area contributed by atoms with Crippen molar-refractivity contribution < 1.29 is 9.90 Å². The number of hydrogen-bond acceptors (Lipinski definition) is 7. The van der Waals surface area contributed by atoms with E-state index in [0.29, 0.717) is 5.41 Å². The third kappa shape index (κ3) is 4.85. The average Bonchev–Trinajstić information content (AvgIpc) is 3.03. The SMILES string of the molecule is Cc1c(-c2nnc(SCCCN3C[C@@H]4CC4(c4ccc(Br)cc4)C3)n2C)nnn1C.O=CO. The van der Waals surface area contributed by atoms with Crippen molar-refractivity contribution in [2.24, 2.45) is 20.0 Å². The Bertz CT molecular complexity index is 1120. The van der Waals surface area contributed by atoms with Gasteiger partial charge in [0.25, 0.3) is 6.47 Å². The van der Waals surface area contributed by atoms with Crippen molar-refractivity contribution in [1.29, 1.82) is 0 Å². The summed E-state index contributed by atoms with van der Waals surface area (Å²) in [6, 6.07) is 8.95. The number of nitrogens with zero attached hydrogens (tertiary/aromatic N) is 7. The Balaban J connectivity index is 0.000000821. The predicted molar refractivity (Wildman–Crippen MR) is 130 cm³/mol. The van der Waals surface area contributed by atoms with E-state index in [0.717, 1.165) is 51.5 Å². The van der Waals surface area contributed by atoms with Gasteiger partial charge in [0.2, 0.25) is 0 Å². The van der Waals surface area contributed by atoms with Gasteiger partial charge in [0.15, 0.2) is 16.7 Å². The molecule has 2 aromatic heterocycles. The summed E-state index contributed by atoms with van der Waals surface area (Å²) in [5, 5.41) is 24.8. The van der Waals surface area contributed by atoms with Crippen molar-refractivity contribution in [2.45, 2.75) is 30.3 Å². The molecule has 2 fully saturated rings. The zero-order valence-electron chi connectivity index (χ0n) is 19.0. The van der Waals surface area contributed by atoms with Crippen LogP contribution in [0.15, 0.2) is 33.9 Å². The third-order valence-corrected chi connectivity index (χ3v) is 8.27. The van der Waals surface area contributed by atoms with Crippen molar-refractivity contribution in [3.05, 3.63) is 40.0 Å². The monoisotopic (exact) mass is 533 g/mol. The molecule has 1 N–H and O–H groups in total. The molecule has 33 heavy (non-hydrogen) atoms. The van der Waals surface area contributed by atoms with E-state index >= 15 is 0 Å². The molecule has 1 aliphatic heterocycles. The minimum absolute atomic E-state index is 0.250. The van der Waals surface area contributed by atoms with E-state index in [4.69, 9.17) is 9.90 Å². The standard InChI is InChI=1S/C21H26BrN7S.CH2O2/c1-14-18(23-26-28(14)3)19-24-25-20(27(19)2)30-10-4-9-29-12-16-11-21(16,13-29)15-5-7-17(22)8-6-15;2-1-3/h5-8,16H,4,9-13H2,1-3H3;1H,(H,2,3)/t16-,21?;/m0./s1. The van der Waals surface area contributed by atoms with Crippen molar-refractivity contribution in [3.8, 4) is 11.5 Å². The lowest BCUT2D eigenvalue weighted by molar-refractivity contribution is -0.122. The summed E-state index contributed by atoms with van der Waals surface area (Å²) in [7, 11) is 3.89. The van der Waals surface area contributed by atoms with Gasteiger partial charge >= 0.3 is 0 Å². The van der Waals surface area contributed by atoms with E-state index in [1.165, 1.54) is 25.1 Å². The van der Waals surface area contributed by atoms with Gasteiger partial charge in [-0.15, -0.1) is 15.3 Å². The summed E-state index contributed by atoms with van der Waals surface area (Å²) in [4.78, 5) is 11.0. The van der Waals surface area contributed by atoms with Gasteiger partial charge in [-0.3, -0.25) is 9.48 Å². The molecular weight excluding hydrogens is 506 g/mol. The Labute approximate surface area is 205 Å². The second-order valence-electron chi connectivity index (χ2n) is 8.62. The molecule has 1 saturated heterocycles. The maximum Gasteiger partial charge on any atom is 0.290 e. The summed E-state index contributed by atoms with van der Waals surface area (Å²) < 4.78 is 4.95. The number of hydrogen-bond donors (Lipinski definition) is 1. The van der Waals surface area contributed by atoms with Crippen LogP contribution in [0.5, 0.6) is 0 Å². The van der Waals surface area contributed by atoms with Crippen molar-refractivity contribution in [3.63, 3.8) is 0 Å². The van der Waals surface area contributed by atoms with Gasteiger partial charge in [0, 0.05) is 42.8 Å². The van der Waals surface area contributed by atoms with Crippen molar-refractivity contribution in [2.75, 3.05) is 25.4 Å². The van der Waals surface area contributed by atoms with E-state index in [-0.39, 0.29) is 6.47 Å². The number of rotatable bonds is 7. The zero-order chi connectivity index (χ0) is 23.6. The van der Waals surface area contributed by atoms with E-state index in [9.17, 15) is 0 Å². The third-order valence-electron chi connectivity index (χ3n) is 6.64. The van der Waals surface area contributed by atoms with Gasteiger partial charge in [0.05, 0.1) is 5.69 Å². The number of piperidine rings is 1. The fraction of sp³-hybridized carbons (Fsp3) is 0.500. The lowest BCUT2D eigenvalue weighted by atomic mass is 9.95. The minimum Gasteiger partial charge on any atom is -0.483 e. The fourth-order valence-electron chi connectivity index (χ4n) is 4.70. The molecule has 3 heterocycles. The Hall–Kier alpha value is -2.24. The van der Waals surface area contributed by atoms with Crippen LogP contribution in [0.25, 0.3) is 11.5 Å². The van der Waals surface area contributed by atoms with Gasteiger partial charge in [-0.2, -0.15) is 0 Å². The lowest BCUT2D eigenvalue weighted by Gasteiger charge is -2.21. The van der Waals surface area contributed by atoms with E-state index in [2.05, 4.69) is 65.6 Å². The summed E-state index contributed by atoms with van der Waals surface area (Å²) in [6.45, 7) is 5.33. The molecule has 1 unspecified atom stereocenters. The molecule has 176 valence electrons. The Kier molecular flexibility index (Phi) is 7.20. The van der Waals surface area contributed by atoms with E-state index in [1.54, 1.807) is 16.4 Å². The molecule has 3 aromatic rings. The zero-order valence-corrected chi connectivity index (χ0v) is 21.4. The number of aryl methyl sites for hydroxylation is 1. The van der Waals surface area contributed by atoms with Crippen LogP contribution in [-0.4, -0.2) is 71.6 Å². The molecule has 1 saturated carbocycles. The summed E-state index contributed by atoms with van der Waals surface area (Å²) in [5.74, 6) is 2.65. The number of carboxylic acid groups (broad SMARTS) is 1. The van der Waals surface area contributed by atoms with E-state index in [1.807, 2.05) is 25.6 Å². The number of carbonyl (C=O) groups is 1. The maximum absolute atomic E-state index is 8.36. The highest BCUT2D eigenvalue weighted by molar-refractivity contribution is 9.10.